The summed E-state index contributed by atoms with van der Waals surface area (Å²) in [6.07, 6.45) is 14.3. The number of aliphatic hydroxyl groups is 1. The van der Waals surface area contributed by atoms with Crippen molar-refractivity contribution >= 4 is 17.3 Å². The van der Waals surface area contributed by atoms with Crippen LogP contribution in [0.15, 0.2) is 95.4 Å². The number of rotatable bonds is 9. The van der Waals surface area contributed by atoms with E-state index in [1.165, 1.54) is 28.2 Å². The second-order valence-electron chi connectivity index (χ2n) is 13.1. The van der Waals surface area contributed by atoms with Crippen LogP contribution in [-0.4, -0.2) is 35.8 Å². The molecule has 5 rings (SSSR count). The van der Waals surface area contributed by atoms with E-state index in [1.807, 2.05) is 0 Å². The van der Waals surface area contributed by atoms with Crippen LogP contribution in [0, 0.1) is 0 Å². The molecule has 0 saturated heterocycles. The first kappa shape index (κ1) is 29.8. The quantitative estimate of drug-likeness (QED) is 0.298. The van der Waals surface area contributed by atoms with E-state index in [4.69, 9.17) is 5.11 Å². The highest BCUT2D eigenvalue weighted by molar-refractivity contribution is 5.71. The zero-order valence-corrected chi connectivity index (χ0v) is 25.9. The Kier molecular flexibility index (Phi) is 8.41. The van der Waals surface area contributed by atoms with Gasteiger partial charge in [-0.25, -0.2) is 0 Å². The van der Waals surface area contributed by atoms with E-state index in [2.05, 4.69) is 117 Å². The number of carboxylic acid groups (broad SMARTS) is 1. The second kappa shape index (κ2) is 11.9. The van der Waals surface area contributed by atoms with Crippen molar-refractivity contribution in [2.45, 2.75) is 89.5 Å². The van der Waals surface area contributed by atoms with Crippen LogP contribution in [0.1, 0.15) is 83.8 Å². The van der Waals surface area contributed by atoms with E-state index in [-0.39, 0.29) is 23.3 Å². The molecule has 3 aliphatic rings. The number of para-hydroxylation sites is 2. The smallest absolute Gasteiger partial charge is 0.303 e. The van der Waals surface area contributed by atoms with Gasteiger partial charge in [0.25, 0.3) is 0 Å². The fourth-order valence-electron chi connectivity index (χ4n) is 7.22. The number of nitrogens with zero attached hydrogens (tertiary/aromatic N) is 2. The van der Waals surface area contributed by atoms with Crippen molar-refractivity contribution in [3.05, 3.63) is 107 Å². The van der Waals surface area contributed by atoms with Gasteiger partial charge >= 0.3 is 5.97 Å². The number of allylic oxidation sites excluding steroid dienone is 6. The number of hydrogen-bond acceptors (Lipinski definition) is 4. The Hall–Kier alpha value is -3.73. The Morgan fingerprint density at radius 3 is 2.33 bits per heavy atom. The third-order valence-electron chi connectivity index (χ3n) is 9.63. The highest BCUT2D eigenvalue weighted by Crippen LogP contribution is 2.48. The van der Waals surface area contributed by atoms with Gasteiger partial charge in [-0.05, 0) is 72.6 Å². The molecule has 0 spiro atoms. The third-order valence-corrected chi connectivity index (χ3v) is 9.63. The Bertz CT molecular complexity index is 1460. The van der Waals surface area contributed by atoms with Crippen LogP contribution in [0.2, 0.25) is 0 Å². The zero-order valence-electron chi connectivity index (χ0n) is 25.9. The summed E-state index contributed by atoms with van der Waals surface area (Å²) in [6.45, 7) is 9.98. The molecule has 2 aliphatic heterocycles. The summed E-state index contributed by atoms with van der Waals surface area (Å²) < 4.78 is 0. The first-order valence-corrected chi connectivity index (χ1v) is 15.5. The first-order valence-electron chi connectivity index (χ1n) is 15.5. The largest absolute Gasteiger partial charge is 0.507 e. The van der Waals surface area contributed by atoms with Gasteiger partial charge in [0.1, 0.15) is 5.76 Å². The number of benzene rings is 2. The number of unbranched alkanes of at least 4 members (excludes halogenated alkanes) is 2. The predicted octanol–water partition coefficient (Wildman–Crippen LogP) is 8.59. The number of hydrogen-bond donors (Lipinski definition) is 2. The Morgan fingerprint density at radius 2 is 1.62 bits per heavy atom. The van der Waals surface area contributed by atoms with Crippen molar-refractivity contribution in [3.8, 4) is 0 Å². The van der Waals surface area contributed by atoms with Crippen molar-refractivity contribution < 1.29 is 15.0 Å². The topological polar surface area (TPSA) is 64.0 Å². The maximum absolute atomic E-state index is 11.4. The van der Waals surface area contributed by atoms with Gasteiger partial charge in [0.15, 0.2) is 0 Å². The van der Waals surface area contributed by atoms with Gasteiger partial charge in [-0.15, -0.1) is 0 Å². The second-order valence-corrected chi connectivity index (χ2v) is 13.1. The van der Waals surface area contributed by atoms with E-state index in [0.29, 0.717) is 12.2 Å². The highest BCUT2D eigenvalue weighted by atomic mass is 16.4. The number of likely N-dealkylation sites (N-methyl/N-ethyl adjacent to an activating group) is 1. The van der Waals surface area contributed by atoms with Gasteiger partial charge in [0, 0.05) is 47.9 Å². The van der Waals surface area contributed by atoms with Crippen LogP contribution in [0.3, 0.4) is 0 Å². The van der Waals surface area contributed by atoms with Crippen molar-refractivity contribution in [1.82, 2.24) is 0 Å². The number of fused-ring (bicyclic) bond motifs is 2. The Morgan fingerprint density at radius 1 is 0.929 bits per heavy atom. The Balaban J connectivity index is 1.39. The lowest BCUT2D eigenvalue weighted by Gasteiger charge is -2.30. The molecule has 0 saturated carbocycles. The van der Waals surface area contributed by atoms with Crippen LogP contribution < -0.4 is 9.80 Å². The molecule has 1 atom stereocenters. The van der Waals surface area contributed by atoms with E-state index < -0.39 is 5.97 Å². The van der Waals surface area contributed by atoms with E-state index >= 15 is 0 Å². The third kappa shape index (κ3) is 5.54. The average molecular weight is 567 g/mol. The number of aliphatic hydroxyl groups excluding tert-OH is 1. The molecule has 1 unspecified atom stereocenters. The normalized spacial score (nSPS) is 22.8. The molecule has 5 heteroatoms. The number of anilines is 2. The summed E-state index contributed by atoms with van der Waals surface area (Å²) in [6, 6.07) is 17.4. The monoisotopic (exact) mass is 566 g/mol. The average Bonchev–Trinajstić information content (AvgIpc) is 3.29. The van der Waals surface area contributed by atoms with Crippen molar-refractivity contribution in [2.24, 2.45) is 0 Å². The molecule has 0 bridgehead atoms. The van der Waals surface area contributed by atoms with Gasteiger partial charge in [0.05, 0.1) is 6.04 Å². The van der Waals surface area contributed by atoms with Crippen LogP contribution in [0.5, 0.6) is 0 Å². The van der Waals surface area contributed by atoms with Crippen LogP contribution in [-0.2, 0) is 15.6 Å². The van der Waals surface area contributed by atoms with Crippen LogP contribution in [0.4, 0.5) is 11.4 Å². The summed E-state index contributed by atoms with van der Waals surface area (Å²) in [4.78, 5) is 15.7. The number of carboxylic acids is 1. The molecule has 2 heterocycles. The van der Waals surface area contributed by atoms with Crippen LogP contribution >= 0.6 is 0 Å². The molecule has 0 fully saturated rings. The number of aliphatic carboxylic acids is 1. The van der Waals surface area contributed by atoms with E-state index in [1.54, 1.807) is 0 Å². The molecule has 1 aliphatic carbocycles. The summed E-state index contributed by atoms with van der Waals surface area (Å²) in [5.74, 6) is -0.313. The molecule has 5 nitrogen and oxygen atoms in total. The van der Waals surface area contributed by atoms with E-state index in [0.717, 1.165) is 49.8 Å². The van der Waals surface area contributed by atoms with Gasteiger partial charge in [-0.1, -0.05) is 88.7 Å². The molecular formula is C37H46N2O3. The zero-order chi connectivity index (χ0) is 30.1. The van der Waals surface area contributed by atoms with E-state index in [9.17, 15) is 9.90 Å². The summed E-state index contributed by atoms with van der Waals surface area (Å²) in [5, 5.41) is 20.4. The molecule has 2 N–H and O–H groups in total. The molecule has 2 aromatic rings. The maximum Gasteiger partial charge on any atom is 0.303 e. The fourth-order valence-corrected chi connectivity index (χ4v) is 7.22. The minimum atomic E-state index is -0.728. The van der Waals surface area contributed by atoms with Gasteiger partial charge < -0.3 is 20.0 Å². The SMILES string of the molecule is CN1c2ccccc2C(C)(C)C1/C=C/C1=C(O)C(=C/C=C2/N(CCCCCC(=O)O)c3ccccc3C2(C)C)/CCC1. The summed E-state index contributed by atoms with van der Waals surface area (Å²) >= 11 is 0. The maximum atomic E-state index is 11.4. The van der Waals surface area contributed by atoms with Crippen LogP contribution in [0.25, 0.3) is 0 Å². The van der Waals surface area contributed by atoms with Gasteiger partial charge in [0.2, 0.25) is 0 Å². The standard InChI is InChI=1S/C37H46N2O3/c1-36(2)28-16-8-10-18-30(28)38(5)32(36)23-21-26-14-13-15-27(35(26)42)22-24-33-37(3,4)29-17-9-11-19-31(29)39(33)25-12-6-7-20-34(40)41/h8-11,16-19,21-24,32,42H,6-7,12-15,20,25H2,1-5H3,(H,40,41)/b23-21+,27-22+,33-24+. The van der Waals surface area contributed by atoms with Crippen molar-refractivity contribution in [3.63, 3.8) is 0 Å². The lowest BCUT2D eigenvalue weighted by molar-refractivity contribution is -0.137. The summed E-state index contributed by atoms with van der Waals surface area (Å²) in [7, 11) is 2.16. The van der Waals surface area contributed by atoms with Gasteiger partial charge in [-0.2, -0.15) is 0 Å². The summed E-state index contributed by atoms with van der Waals surface area (Å²) in [5.41, 5.74) is 8.20. The minimum Gasteiger partial charge on any atom is -0.507 e. The fraction of sp³-hybridized carbons (Fsp3) is 0.432. The molecule has 2 aromatic carbocycles. The van der Waals surface area contributed by atoms with Gasteiger partial charge in [-0.3, -0.25) is 4.79 Å². The molecule has 0 radical (unpaired) electrons. The predicted molar refractivity (Wildman–Crippen MR) is 173 cm³/mol. The molecule has 0 aromatic heterocycles. The van der Waals surface area contributed by atoms with Crippen molar-refractivity contribution in [1.29, 1.82) is 0 Å². The minimum absolute atomic E-state index is 0.0179. The highest BCUT2D eigenvalue weighted by Gasteiger charge is 2.41. The molecule has 42 heavy (non-hydrogen) atoms. The lowest BCUT2D eigenvalue weighted by atomic mass is 9.80. The number of carbonyl (C=O) groups is 1. The molecular weight excluding hydrogens is 520 g/mol. The lowest BCUT2D eigenvalue weighted by Crippen LogP contribution is -2.37. The molecule has 0 amide bonds. The molecule has 222 valence electrons. The Labute approximate surface area is 251 Å². The van der Waals surface area contributed by atoms with Crippen molar-refractivity contribution in [2.75, 3.05) is 23.4 Å². The first-order chi connectivity index (χ1) is 20.0.